The molecular weight excluding hydrogens is 348 g/mol. The van der Waals surface area contributed by atoms with Gasteiger partial charge in [0.1, 0.15) is 0 Å². The van der Waals surface area contributed by atoms with Gasteiger partial charge in [0.2, 0.25) is 0 Å². The van der Waals surface area contributed by atoms with Crippen LogP contribution in [0.3, 0.4) is 0 Å². The molecule has 2 aromatic carbocycles. The van der Waals surface area contributed by atoms with Gasteiger partial charge in [-0.1, -0.05) is 79.9 Å². The van der Waals surface area contributed by atoms with Crippen LogP contribution < -0.4 is 0 Å². The quantitative estimate of drug-likeness (QED) is 0.384. The molecule has 1 heterocycles. The number of ether oxygens (including phenoxy) is 1. The molecule has 3 rings (SSSR count). The van der Waals surface area contributed by atoms with Gasteiger partial charge in [-0.05, 0) is 49.0 Å². The molecule has 1 saturated heterocycles. The van der Waals surface area contributed by atoms with Crippen LogP contribution in [0.25, 0.3) is 0 Å². The molecule has 0 spiro atoms. The minimum atomic E-state index is 0.501. The van der Waals surface area contributed by atoms with E-state index in [1.807, 2.05) is 0 Å². The fraction of sp³-hybridized carbons (Fsp3) is 0.520. The molecule has 0 saturated carbocycles. The summed E-state index contributed by atoms with van der Waals surface area (Å²) in [6.45, 7) is 0.991. The van der Waals surface area contributed by atoms with Crippen molar-refractivity contribution in [3.63, 3.8) is 0 Å². The molecule has 0 amide bonds. The van der Waals surface area contributed by atoms with E-state index in [-0.39, 0.29) is 0 Å². The third-order valence-electron chi connectivity index (χ3n) is 5.53. The number of hydrogen-bond donors (Lipinski definition) is 0. The molecule has 1 aliphatic rings. The van der Waals surface area contributed by atoms with Gasteiger partial charge in [0, 0.05) is 18.3 Å². The predicted molar refractivity (Wildman–Crippen MR) is 119 cm³/mol. The van der Waals surface area contributed by atoms with Crippen LogP contribution in [0.1, 0.15) is 68.4 Å². The van der Waals surface area contributed by atoms with Crippen LogP contribution in [0.5, 0.6) is 0 Å². The number of rotatable bonds is 11. The minimum Gasteiger partial charge on any atom is -0.378 e. The Morgan fingerprint density at radius 3 is 2.11 bits per heavy atom. The summed E-state index contributed by atoms with van der Waals surface area (Å²) in [7, 11) is 0. The lowest BCUT2D eigenvalue weighted by molar-refractivity contribution is 0.00979. The first kappa shape index (κ1) is 20.5. The summed E-state index contributed by atoms with van der Waals surface area (Å²) in [5.41, 5.74) is 2.87. The maximum absolute atomic E-state index is 5.83. The highest BCUT2D eigenvalue weighted by molar-refractivity contribution is 7.99. The second-order valence-corrected chi connectivity index (χ2v) is 8.79. The third kappa shape index (κ3) is 7.35. The van der Waals surface area contributed by atoms with Gasteiger partial charge < -0.3 is 4.74 Å². The van der Waals surface area contributed by atoms with Crippen molar-refractivity contribution in [2.75, 3.05) is 18.1 Å². The predicted octanol–water partition coefficient (Wildman–Crippen LogP) is 7.07. The summed E-state index contributed by atoms with van der Waals surface area (Å²) in [5.74, 6) is 2.95. The Labute approximate surface area is 169 Å². The molecule has 0 N–H and O–H groups in total. The SMILES string of the molecule is c1ccc(C(CSCCCCCCC2CCCCO2)c2ccccc2)cc1. The van der Waals surface area contributed by atoms with Gasteiger partial charge in [0.15, 0.2) is 0 Å². The second kappa shape index (κ2) is 12.3. The van der Waals surface area contributed by atoms with Crippen molar-refractivity contribution >= 4 is 11.8 Å². The molecule has 146 valence electrons. The number of thioether (sulfide) groups is 1. The van der Waals surface area contributed by atoms with E-state index in [9.17, 15) is 0 Å². The van der Waals surface area contributed by atoms with E-state index >= 15 is 0 Å². The Morgan fingerprint density at radius 1 is 0.815 bits per heavy atom. The lowest BCUT2D eigenvalue weighted by Gasteiger charge is -2.22. The average Bonchev–Trinajstić information content (AvgIpc) is 2.75. The zero-order chi connectivity index (χ0) is 18.6. The highest BCUT2D eigenvalue weighted by atomic mass is 32.2. The first-order chi connectivity index (χ1) is 13.4. The van der Waals surface area contributed by atoms with Crippen molar-refractivity contribution in [2.45, 2.75) is 63.4 Å². The molecule has 2 aromatic rings. The molecule has 27 heavy (non-hydrogen) atoms. The van der Waals surface area contributed by atoms with Crippen LogP contribution in [0.4, 0.5) is 0 Å². The Hall–Kier alpha value is -1.25. The topological polar surface area (TPSA) is 9.23 Å². The zero-order valence-electron chi connectivity index (χ0n) is 16.5. The van der Waals surface area contributed by atoms with Crippen molar-refractivity contribution in [3.05, 3.63) is 71.8 Å². The van der Waals surface area contributed by atoms with Crippen molar-refractivity contribution in [3.8, 4) is 0 Å². The van der Waals surface area contributed by atoms with E-state index in [1.54, 1.807) is 0 Å². The van der Waals surface area contributed by atoms with Gasteiger partial charge in [-0.25, -0.2) is 0 Å². The minimum absolute atomic E-state index is 0.501. The van der Waals surface area contributed by atoms with E-state index in [0.29, 0.717) is 12.0 Å². The van der Waals surface area contributed by atoms with Crippen LogP contribution >= 0.6 is 11.8 Å². The molecule has 0 radical (unpaired) electrons. The summed E-state index contributed by atoms with van der Waals surface area (Å²) in [6, 6.07) is 21.9. The van der Waals surface area contributed by atoms with Crippen LogP contribution in [-0.2, 0) is 4.74 Å². The summed E-state index contributed by atoms with van der Waals surface area (Å²) >= 11 is 2.11. The van der Waals surface area contributed by atoms with Gasteiger partial charge in [0.25, 0.3) is 0 Å². The maximum atomic E-state index is 5.83. The Morgan fingerprint density at radius 2 is 1.48 bits per heavy atom. The lowest BCUT2D eigenvalue weighted by Crippen LogP contribution is -2.18. The molecule has 1 atom stereocenters. The summed E-state index contributed by atoms with van der Waals surface area (Å²) in [6.07, 6.45) is 11.2. The summed E-state index contributed by atoms with van der Waals surface area (Å²) in [4.78, 5) is 0. The lowest BCUT2D eigenvalue weighted by atomic mass is 9.93. The summed E-state index contributed by atoms with van der Waals surface area (Å²) < 4.78 is 5.83. The van der Waals surface area contributed by atoms with Crippen molar-refractivity contribution < 1.29 is 4.74 Å². The van der Waals surface area contributed by atoms with Crippen molar-refractivity contribution in [1.82, 2.24) is 0 Å². The molecule has 0 aliphatic carbocycles. The van der Waals surface area contributed by atoms with Gasteiger partial charge in [-0.15, -0.1) is 0 Å². The van der Waals surface area contributed by atoms with Crippen LogP contribution in [-0.4, -0.2) is 24.2 Å². The Balaban J connectivity index is 1.33. The van der Waals surface area contributed by atoms with Gasteiger partial charge in [-0.2, -0.15) is 11.8 Å². The average molecular weight is 383 g/mol. The summed E-state index contributed by atoms with van der Waals surface area (Å²) in [5, 5.41) is 0. The molecule has 1 aliphatic heterocycles. The fourth-order valence-electron chi connectivity index (χ4n) is 3.92. The van der Waals surface area contributed by atoms with E-state index in [4.69, 9.17) is 4.74 Å². The van der Waals surface area contributed by atoms with E-state index in [0.717, 1.165) is 6.61 Å². The number of benzene rings is 2. The maximum Gasteiger partial charge on any atom is 0.0575 e. The van der Waals surface area contributed by atoms with Gasteiger partial charge in [-0.3, -0.25) is 0 Å². The molecule has 1 nitrogen and oxygen atoms in total. The third-order valence-corrected chi connectivity index (χ3v) is 6.67. The fourth-order valence-corrected chi connectivity index (χ4v) is 5.12. The molecule has 0 aromatic heterocycles. The van der Waals surface area contributed by atoms with Crippen LogP contribution in [0, 0.1) is 0 Å². The number of unbranched alkanes of at least 4 members (excludes halogenated alkanes) is 3. The van der Waals surface area contributed by atoms with Crippen LogP contribution in [0.15, 0.2) is 60.7 Å². The largest absolute Gasteiger partial charge is 0.378 e. The van der Waals surface area contributed by atoms with Gasteiger partial charge >= 0.3 is 0 Å². The Kier molecular flexibility index (Phi) is 9.30. The van der Waals surface area contributed by atoms with Gasteiger partial charge in [0.05, 0.1) is 6.10 Å². The first-order valence-corrected chi connectivity index (χ1v) is 11.9. The Bertz CT molecular complexity index is 567. The molecule has 1 fully saturated rings. The molecular formula is C25H34OS. The highest BCUT2D eigenvalue weighted by Gasteiger charge is 2.14. The number of hydrogen-bond acceptors (Lipinski definition) is 2. The van der Waals surface area contributed by atoms with Crippen molar-refractivity contribution in [2.24, 2.45) is 0 Å². The monoisotopic (exact) mass is 382 g/mol. The van der Waals surface area contributed by atoms with Crippen LogP contribution in [0.2, 0.25) is 0 Å². The molecule has 0 bridgehead atoms. The van der Waals surface area contributed by atoms with E-state index in [1.165, 1.54) is 74.0 Å². The first-order valence-electron chi connectivity index (χ1n) is 10.7. The highest BCUT2D eigenvalue weighted by Crippen LogP contribution is 2.28. The molecule has 1 unspecified atom stereocenters. The molecule has 2 heteroatoms. The standard InChI is InChI=1S/C25H34OS/c1(9-17-24-18-10-11-19-26-24)2-12-20-27-21-25(22-13-5-3-6-14-22)23-15-7-4-8-16-23/h3-8,13-16,24-25H,1-2,9-12,17-21H2. The smallest absolute Gasteiger partial charge is 0.0575 e. The zero-order valence-corrected chi connectivity index (χ0v) is 17.3. The normalized spacial score (nSPS) is 17.3. The van der Waals surface area contributed by atoms with E-state index in [2.05, 4.69) is 72.4 Å². The van der Waals surface area contributed by atoms with E-state index < -0.39 is 0 Å². The van der Waals surface area contributed by atoms with Crippen molar-refractivity contribution in [1.29, 1.82) is 0 Å². The second-order valence-electron chi connectivity index (χ2n) is 7.64.